The van der Waals surface area contributed by atoms with Crippen molar-refractivity contribution in [3.05, 3.63) is 53.7 Å². The van der Waals surface area contributed by atoms with Gasteiger partial charge in [0.15, 0.2) is 10.3 Å². The van der Waals surface area contributed by atoms with Gasteiger partial charge in [0, 0.05) is 23.3 Å². The first-order chi connectivity index (χ1) is 11.6. The molecule has 0 fully saturated rings. The number of nitrogens with zero attached hydrogens (tertiary/aromatic N) is 3. The maximum Gasteiger partial charge on any atom is 0.236 e. The molecule has 0 unspecified atom stereocenters. The van der Waals surface area contributed by atoms with E-state index >= 15 is 0 Å². The van der Waals surface area contributed by atoms with Gasteiger partial charge in [-0.25, -0.2) is 23.7 Å². The second-order valence-corrected chi connectivity index (χ2v) is 6.33. The Balaban J connectivity index is 1.63. The summed E-state index contributed by atoms with van der Waals surface area (Å²) >= 11 is 2.32. The topological polar surface area (TPSA) is 67.8 Å². The number of anilines is 1. The monoisotopic (exact) mass is 364 g/mol. The minimum absolute atomic E-state index is 0.0545. The number of rotatable bonds is 5. The SMILES string of the molecule is O=C(CSc1ncccn1)Nc1nc(-c2cc(F)ccc2F)cs1. The number of carbonyl (C=O) groups excluding carboxylic acids is 1. The second kappa shape index (κ2) is 7.45. The Labute approximate surface area is 144 Å². The normalized spacial score (nSPS) is 10.6. The minimum Gasteiger partial charge on any atom is -0.301 e. The fourth-order valence-electron chi connectivity index (χ4n) is 1.79. The first-order valence-corrected chi connectivity index (χ1v) is 8.59. The Hall–Kier alpha value is -2.39. The summed E-state index contributed by atoms with van der Waals surface area (Å²) in [5.74, 6) is -1.29. The van der Waals surface area contributed by atoms with E-state index in [0.29, 0.717) is 10.3 Å². The molecule has 1 aromatic carbocycles. The molecule has 0 saturated carbocycles. The number of thioether (sulfide) groups is 1. The molecule has 3 aromatic rings. The highest BCUT2D eigenvalue weighted by Gasteiger charge is 2.12. The van der Waals surface area contributed by atoms with Crippen molar-refractivity contribution in [3.63, 3.8) is 0 Å². The van der Waals surface area contributed by atoms with Crippen LogP contribution in [0.4, 0.5) is 13.9 Å². The Kier molecular flexibility index (Phi) is 5.11. The highest BCUT2D eigenvalue weighted by atomic mass is 32.2. The van der Waals surface area contributed by atoms with Crippen molar-refractivity contribution in [3.8, 4) is 11.3 Å². The lowest BCUT2D eigenvalue weighted by Gasteiger charge is -2.01. The van der Waals surface area contributed by atoms with Crippen LogP contribution in [-0.4, -0.2) is 26.6 Å². The van der Waals surface area contributed by atoms with Crippen LogP contribution in [0.5, 0.6) is 0 Å². The molecule has 122 valence electrons. The summed E-state index contributed by atoms with van der Waals surface area (Å²) < 4.78 is 27.0. The van der Waals surface area contributed by atoms with E-state index in [2.05, 4.69) is 20.3 Å². The summed E-state index contributed by atoms with van der Waals surface area (Å²) in [5, 5.41) is 4.98. The molecule has 24 heavy (non-hydrogen) atoms. The van der Waals surface area contributed by atoms with Crippen molar-refractivity contribution in [2.24, 2.45) is 0 Å². The first kappa shape index (κ1) is 16.5. The largest absolute Gasteiger partial charge is 0.301 e. The van der Waals surface area contributed by atoms with Crippen molar-refractivity contribution in [1.82, 2.24) is 15.0 Å². The van der Waals surface area contributed by atoms with E-state index in [1.807, 2.05) is 0 Å². The Morgan fingerprint density at radius 1 is 1.25 bits per heavy atom. The Morgan fingerprint density at radius 3 is 2.83 bits per heavy atom. The highest BCUT2D eigenvalue weighted by Crippen LogP contribution is 2.27. The third-order valence-corrected chi connectivity index (χ3v) is 4.46. The van der Waals surface area contributed by atoms with Crippen LogP contribution in [0.15, 0.2) is 47.2 Å². The first-order valence-electron chi connectivity index (χ1n) is 6.72. The number of carbonyl (C=O) groups is 1. The fraction of sp³-hybridized carbons (Fsp3) is 0.0667. The molecule has 1 amide bonds. The molecule has 0 radical (unpaired) electrons. The predicted octanol–water partition coefficient (Wildman–Crippen LogP) is 3.61. The molecule has 0 aliphatic carbocycles. The van der Waals surface area contributed by atoms with Crippen LogP contribution in [0.25, 0.3) is 11.3 Å². The second-order valence-electron chi connectivity index (χ2n) is 4.53. The number of hydrogen-bond donors (Lipinski definition) is 1. The van der Waals surface area contributed by atoms with Gasteiger partial charge in [0.1, 0.15) is 11.6 Å². The van der Waals surface area contributed by atoms with Gasteiger partial charge in [-0.1, -0.05) is 11.8 Å². The number of benzene rings is 1. The number of nitrogens with one attached hydrogen (secondary N) is 1. The molecule has 0 spiro atoms. The summed E-state index contributed by atoms with van der Waals surface area (Å²) in [6, 6.07) is 4.83. The molecule has 9 heteroatoms. The maximum absolute atomic E-state index is 13.7. The zero-order valence-electron chi connectivity index (χ0n) is 12.1. The number of aromatic nitrogens is 3. The zero-order valence-corrected chi connectivity index (χ0v) is 13.7. The van der Waals surface area contributed by atoms with Gasteiger partial charge in [-0.3, -0.25) is 4.79 Å². The third kappa shape index (κ3) is 4.12. The van der Waals surface area contributed by atoms with Crippen molar-refractivity contribution < 1.29 is 13.6 Å². The Bertz CT molecular complexity index is 858. The summed E-state index contributed by atoms with van der Waals surface area (Å²) in [4.78, 5) is 24.0. The van der Waals surface area contributed by atoms with Gasteiger partial charge in [-0.05, 0) is 24.3 Å². The summed E-state index contributed by atoms with van der Waals surface area (Å²) in [6.07, 6.45) is 3.18. The van der Waals surface area contributed by atoms with Crippen molar-refractivity contribution in [2.75, 3.05) is 11.1 Å². The molecule has 5 nitrogen and oxygen atoms in total. The molecular formula is C15H10F2N4OS2. The number of hydrogen-bond acceptors (Lipinski definition) is 6. The molecule has 0 bridgehead atoms. The van der Waals surface area contributed by atoms with Crippen molar-refractivity contribution in [2.45, 2.75) is 5.16 Å². The summed E-state index contributed by atoms with van der Waals surface area (Å²) in [7, 11) is 0. The van der Waals surface area contributed by atoms with Gasteiger partial charge in [0.25, 0.3) is 0 Å². The van der Waals surface area contributed by atoms with E-state index in [0.717, 1.165) is 29.5 Å². The van der Waals surface area contributed by atoms with Gasteiger partial charge in [0.2, 0.25) is 5.91 Å². The average molecular weight is 364 g/mol. The molecule has 0 atom stereocenters. The van der Waals surface area contributed by atoms with E-state index in [1.165, 1.54) is 11.8 Å². The lowest BCUT2D eigenvalue weighted by molar-refractivity contribution is -0.113. The highest BCUT2D eigenvalue weighted by molar-refractivity contribution is 7.99. The van der Waals surface area contributed by atoms with Gasteiger partial charge < -0.3 is 5.32 Å². The molecule has 0 aliphatic rings. The summed E-state index contributed by atoms with van der Waals surface area (Å²) in [5.41, 5.74) is 0.324. The van der Waals surface area contributed by atoms with E-state index in [1.54, 1.807) is 23.8 Å². The number of thiazole rings is 1. The van der Waals surface area contributed by atoms with E-state index in [4.69, 9.17) is 0 Å². The lowest BCUT2D eigenvalue weighted by atomic mass is 10.1. The summed E-state index contributed by atoms with van der Waals surface area (Å²) in [6.45, 7) is 0. The van der Waals surface area contributed by atoms with Gasteiger partial charge in [-0.2, -0.15) is 0 Å². The van der Waals surface area contributed by atoms with Gasteiger partial charge in [0.05, 0.1) is 11.4 Å². The minimum atomic E-state index is -0.573. The van der Waals surface area contributed by atoms with Crippen molar-refractivity contribution in [1.29, 1.82) is 0 Å². The Morgan fingerprint density at radius 2 is 2.04 bits per heavy atom. The molecule has 0 aliphatic heterocycles. The van der Waals surface area contributed by atoms with Crippen LogP contribution in [0, 0.1) is 11.6 Å². The molecular weight excluding hydrogens is 354 g/mol. The van der Waals surface area contributed by atoms with Gasteiger partial charge in [-0.15, -0.1) is 11.3 Å². The standard InChI is InChI=1S/C15H10F2N4OS2/c16-9-2-3-11(17)10(6-9)12-7-23-15(20-12)21-13(22)8-24-14-18-4-1-5-19-14/h1-7H,8H2,(H,20,21,22). The van der Waals surface area contributed by atoms with Crippen LogP contribution in [0.3, 0.4) is 0 Å². The maximum atomic E-state index is 13.7. The number of halogens is 2. The van der Waals surface area contributed by atoms with Gasteiger partial charge >= 0.3 is 0 Å². The molecule has 3 rings (SSSR count). The van der Waals surface area contributed by atoms with Crippen LogP contribution in [-0.2, 0) is 4.79 Å². The van der Waals surface area contributed by atoms with Crippen molar-refractivity contribution >= 4 is 34.1 Å². The quantitative estimate of drug-likeness (QED) is 0.553. The fourth-order valence-corrected chi connectivity index (χ4v) is 3.12. The molecule has 2 heterocycles. The van der Waals surface area contributed by atoms with Crippen LogP contribution in [0.1, 0.15) is 0 Å². The predicted molar refractivity (Wildman–Crippen MR) is 88.9 cm³/mol. The average Bonchev–Trinajstić information content (AvgIpc) is 3.04. The number of amides is 1. The zero-order chi connectivity index (χ0) is 16.9. The van der Waals surface area contributed by atoms with E-state index < -0.39 is 11.6 Å². The third-order valence-electron chi connectivity index (χ3n) is 2.83. The molecule has 2 aromatic heterocycles. The van der Waals surface area contributed by atoms with E-state index in [-0.39, 0.29) is 22.9 Å². The smallest absolute Gasteiger partial charge is 0.236 e. The molecule has 0 saturated heterocycles. The van der Waals surface area contributed by atoms with Crippen LogP contribution in [0.2, 0.25) is 0 Å². The van der Waals surface area contributed by atoms with E-state index in [9.17, 15) is 13.6 Å². The van der Waals surface area contributed by atoms with Crippen LogP contribution >= 0.6 is 23.1 Å². The van der Waals surface area contributed by atoms with Crippen LogP contribution < -0.4 is 5.32 Å². The lowest BCUT2D eigenvalue weighted by Crippen LogP contribution is -2.14. The molecule has 1 N–H and O–H groups in total.